The predicted octanol–water partition coefficient (Wildman–Crippen LogP) is 2.57. The SMILES string of the molecule is CCOC(=O)Cc1c(O)cnc(C(F)F)c1CCl. The summed E-state index contributed by atoms with van der Waals surface area (Å²) in [6.45, 7) is 1.79. The van der Waals surface area contributed by atoms with Crippen molar-refractivity contribution in [3.8, 4) is 5.75 Å². The molecule has 0 radical (unpaired) electrons. The third kappa shape index (κ3) is 3.29. The van der Waals surface area contributed by atoms with E-state index in [0.717, 1.165) is 6.20 Å². The molecule has 0 bridgehead atoms. The van der Waals surface area contributed by atoms with Gasteiger partial charge in [0.05, 0.1) is 19.2 Å². The van der Waals surface area contributed by atoms with Crippen molar-refractivity contribution in [2.75, 3.05) is 6.61 Å². The minimum absolute atomic E-state index is 0.0280. The van der Waals surface area contributed by atoms with Crippen LogP contribution in [0, 0.1) is 0 Å². The molecule has 0 fully saturated rings. The Bertz CT molecular complexity index is 441. The number of esters is 1. The Morgan fingerprint density at radius 3 is 2.72 bits per heavy atom. The second kappa shape index (κ2) is 6.49. The van der Waals surface area contributed by atoms with Gasteiger partial charge in [-0.2, -0.15) is 0 Å². The highest BCUT2D eigenvalue weighted by Crippen LogP contribution is 2.30. The van der Waals surface area contributed by atoms with E-state index in [2.05, 4.69) is 4.98 Å². The largest absolute Gasteiger partial charge is 0.506 e. The third-order valence-corrected chi connectivity index (χ3v) is 2.54. The van der Waals surface area contributed by atoms with Gasteiger partial charge in [-0.1, -0.05) is 0 Å². The summed E-state index contributed by atoms with van der Waals surface area (Å²) in [6, 6.07) is 0. The molecule has 0 unspecified atom stereocenters. The number of aromatic hydroxyl groups is 1. The van der Waals surface area contributed by atoms with Gasteiger partial charge in [-0.05, 0) is 6.92 Å². The van der Waals surface area contributed by atoms with E-state index in [0.29, 0.717) is 0 Å². The van der Waals surface area contributed by atoms with E-state index < -0.39 is 18.1 Å². The van der Waals surface area contributed by atoms with Gasteiger partial charge in [0.15, 0.2) is 0 Å². The van der Waals surface area contributed by atoms with Gasteiger partial charge in [-0.3, -0.25) is 9.78 Å². The van der Waals surface area contributed by atoms with Crippen molar-refractivity contribution in [2.24, 2.45) is 0 Å². The highest BCUT2D eigenvalue weighted by atomic mass is 35.5. The number of alkyl halides is 3. The van der Waals surface area contributed by atoms with Gasteiger partial charge in [0.1, 0.15) is 11.4 Å². The second-order valence-corrected chi connectivity index (χ2v) is 3.67. The first kappa shape index (κ1) is 14.6. The van der Waals surface area contributed by atoms with Gasteiger partial charge < -0.3 is 9.84 Å². The monoisotopic (exact) mass is 279 g/mol. The zero-order valence-corrected chi connectivity index (χ0v) is 10.4. The molecule has 0 amide bonds. The summed E-state index contributed by atoms with van der Waals surface area (Å²) in [6.07, 6.45) is -2.25. The molecule has 0 aliphatic carbocycles. The standard InChI is InChI=1S/C11H12ClF2NO3/c1-2-18-9(17)3-6-7(4-12)10(11(13)14)15-5-8(6)16/h5,11,16H,2-4H2,1H3. The molecular formula is C11H12ClF2NO3. The lowest BCUT2D eigenvalue weighted by molar-refractivity contribution is -0.142. The molecule has 0 aliphatic heterocycles. The zero-order chi connectivity index (χ0) is 13.7. The molecule has 0 saturated carbocycles. The Morgan fingerprint density at radius 2 is 2.22 bits per heavy atom. The maximum absolute atomic E-state index is 12.7. The molecule has 1 heterocycles. The molecule has 1 aromatic heterocycles. The molecule has 18 heavy (non-hydrogen) atoms. The van der Waals surface area contributed by atoms with Gasteiger partial charge in [-0.25, -0.2) is 8.78 Å². The van der Waals surface area contributed by atoms with Crippen LogP contribution in [0.2, 0.25) is 0 Å². The second-order valence-electron chi connectivity index (χ2n) is 3.40. The fourth-order valence-electron chi connectivity index (χ4n) is 1.49. The van der Waals surface area contributed by atoms with Crippen molar-refractivity contribution in [2.45, 2.75) is 25.7 Å². The van der Waals surface area contributed by atoms with Gasteiger partial charge in [-0.15, -0.1) is 11.6 Å². The van der Waals surface area contributed by atoms with E-state index in [9.17, 15) is 18.7 Å². The Morgan fingerprint density at radius 1 is 1.56 bits per heavy atom. The Hall–Kier alpha value is -1.43. The number of halogens is 3. The first-order chi connectivity index (χ1) is 8.51. The number of pyridine rings is 1. The number of carbonyl (C=O) groups is 1. The summed E-state index contributed by atoms with van der Waals surface area (Å²) in [5.74, 6) is -1.23. The molecule has 100 valence electrons. The van der Waals surface area contributed by atoms with Crippen molar-refractivity contribution in [3.05, 3.63) is 23.0 Å². The van der Waals surface area contributed by atoms with E-state index in [1.165, 1.54) is 0 Å². The lowest BCUT2D eigenvalue weighted by Gasteiger charge is -2.12. The molecule has 0 atom stereocenters. The number of aromatic nitrogens is 1. The first-order valence-electron chi connectivity index (χ1n) is 5.20. The molecule has 0 saturated heterocycles. The van der Waals surface area contributed by atoms with E-state index in [1.54, 1.807) is 6.92 Å². The van der Waals surface area contributed by atoms with Crippen LogP contribution in [0.3, 0.4) is 0 Å². The molecule has 0 spiro atoms. The minimum atomic E-state index is -2.82. The predicted molar refractivity (Wildman–Crippen MR) is 60.8 cm³/mol. The number of hydrogen-bond donors (Lipinski definition) is 1. The van der Waals surface area contributed by atoms with Crippen molar-refractivity contribution >= 4 is 17.6 Å². The molecule has 4 nitrogen and oxygen atoms in total. The summed E-state index contributed by atoms with van der Waals surface area (Å²) < 4.78 is 30.1. The summed E-state index contributed by atoms with van der Waals surface area (Å²) >= 11 is 5.58. The fourth-order valence-corrected chi connectivity index (χ4v) is 1.78. The summed E-state index contributed by atoms with van der Waals surface area (Å²) in [5, 5.41) is 9.57. The van der Waals surface area contributed by atoms with Crippen LogP contribution in [0.4, 0.5) is 8.78 Å². The Balaban J connectivity index is 3.15. The third-order valence-electron chi connectivity index (χ3n) is 2.28. The molecule has 1 rings (SSSR count). The van der Waals surface area contributed by atoms with E-state index in [-0.39, 0.29) is 35.8 Å². The van der Waals surface area contributed by atoms with Gasteiger partial charge in [0.2, 0.25) is 0 Å². The normalized spacial score (nSPS) is 10.7. The lowest BCUT2D eigenvalue weighted by atomic mass is 10.0. The molecule has 1 N–H and O–H groups in total. The van der Waals surface area contributed by atoms with Crippen LogP contribution < -0.4 is 0 Å². The number of ether oxygens (including phenoxy) is 1. The molecule has 0 aromatic carbocycles. The number of hydrogen-bond acceptors (Lipinski definition) is 4. The van der Waals surface area contributed by atoms with E-state index >= 15 is 0 Å². The lowest BCUT2D eigenvalue weighted by Crippen LogP contribution is -2.11. The van der Waals surface area contributed by atoms with Crippen molar-refractivity contribution in [1.82, 2.24) is 4.98 Å². The van der Waals surface area contributed by atoms with Crippen LogP contribution >= 0.6 is 11.6 Å². The van der Waals surface area contributed by atoms with E-state index in [1.807, 2.05) is 0 Å². The maximum Gasteiger partial charge on any atom is 0.310 e. The van der Waals surface area contributed by atoms with Crippen LogP contribution in [0.25, 0.3) is 0 Å². The van der Waals surface area contributed by atoms with E-state index in [4.69, 9.17) is 16.3 Å². The van der Waals surface area contributed by atoms with Gasteiger partial charge in [0, 0.05) is 17.0 Å². The molecular weight excluding hydrogens is 268 g/mol. The average Bonchev–Trinajstić information content (AvgIpc) is 2.31. The summed E-state index contributed by atoms with van der Waals surface area (Å²) in [4.78, 5) is 14.8. The van der Waals surface area contributed by atoms with Crippen molar-refractivity contribution in [1.29, 1.82) is 0 Å². The minimum Gasteiger partial charge on any atom is -0.506 e. The quantitative estimate of drug-likeness (QED) is 0.665. The van der Waals surface area contributed by atoms with Crippen LogP contribution in [0.15, 0.2) is 6.20 Å². The summed E-state index contributed by atoms with van der Waals surface area (Å²) in [5.41, 5.74) is -0.518. The van der Waals surface area contributed by atoms with Crippen molar-refractivity contribution in [3.63, 3.8) is 0 Å². The van der Waals surface area contributed by atoms with Crippen LogP contribution in [-0.2, 0) is 21.8 Å². The van der Waals surface area contributed by atoms with Gasteiger partial charge >= 0.3 is 5.97 Å². The highest BCUT2D eigenvalue weighted by Gasteiger charge is 2.22. The van der Waals surface area contributed by atoms with Crippen LogP contribution in [0.1, 0.15) is 30.2 Å². The number of carbonyl (C=O) groups excluding carboxylic acids is 1. The molecule has 7 heteroatoms. The summed E-state index contributed by atoms with van der Waals surface area (Å²) in [7, 11) is 0. The molecule has 0 aliphatic rings. The van der Waals surface area contributed by atoms with Crippen molar-refractivity contribution < 1.29 is 23.4 Å². The number of nitrogens with zero attached hydrogens (tertiary/aromatic N) is 1. The maximum atomic E-state index is 12.7. The number of rotatable bonds is 5. The van der Waals surface area contributed by atoms with Crippen LogP contribution in [-0.4, -0.2) is 22.7 Å². The molecule has 1 aromatic rings. The zero-order valence-electron chi connectivity index (χ0n) is 9.62. The Labute approximate surface area is 108 Å². The highest BCUT2D eigenvalue weighted by molar-refractivity contribution is 6.17. The van der Waals surface area contributed by atoms with Crippen LogP contribution in [0.5, 0.6) is 5.75 Å². The fraction of sp³-hybridized carbons (Fsp3) is 0.455. The van der Waals surface area contributed by atoms with Gasteiger partial charge in [0.25, 0.3) is 6.43 Å². The Kier molecular flexibility index (Phi) is 5.27. The topological polar surface area (TPSA) is 59.4 Å². The smallest absolute Gasteiger partial charge is 0.310 e. The average molecular weight is 280 g/mol. The first-order valence-corrected chi connectivity index (χ1v) is 5.74.